The highest BCUT2D eigenvalue weighted by Gasteiger charge is 2.01. The van der Waals surface area contributed by atoms with E-state index in [9.17, 15) is 0 Å². The van der Waals surface area contributed by atoms with E-state index in [1.165, 1.54) is 0 Å². The van der Waals surface area contributed by atoms with Gasteiger partial charge in [0.1, 0.15) is 16.7 Å². The molecule has 3 N–H and O–H groups in total. The Morgan fingerprint density at radius 3 is 2.61 bits per heavy atom. The highest BCUT2D eigenvalue weighted by atomic mass is 35.5. The van der Waals surface area contributed by atoms with Crippen LogP contribution in [0.4, 0.5) is 17.5 Å². The largest absolute Gasteiger partial charge is 0.494 e. The third-order valence-corrected chi connectivity index (χ3v) is 2.34. The smallest absolute Gasteiger partial charge is 0.223 e. The summed E-state index contributed by atoms with van der Waals surface area (Å²) in [7, 11) is 0. The van der Waals surface area contributed by atoms with E-state index in [-0.39, 0.29) is 5.95 Å². The zero-order valence-electron chi connectivity index (χ0n) is 9.85. The SMILES string of the molecule is CCOc1ccc(Nc2cc(Cl)nc(N)n2)cc1. The monoisotopic (exact) mass is 264 g/mol. The van der Waals surface area contributed by atoms with Gasteiger partial charge in [0.05, 0.1) is 6.61 Å². The van der Waals surface area contributed by atoms with Crippen molar-refractivity contribution in [2.24, 2.45) is 0 Å². The van der Waals surface area contributed by atoms with Crippen LogP contribution in [-0.2, 0) is 0 Å². The number of rotatable bonds is 4. The van der Waals surface area contributed by atoms with Crippen LogP contribution in [0.15, 0.2) is 30.3 Å². The second-order valence-corrected chi connectivity index (χ2v) is 3.90. The second-order valence-electron chi connectivity index (χ2n) is 3.52. The molecule has 1 heterocycles. The highest BCUT2D eigenvalue weighted by molar-refractivity contribution is 6.29. The number of nitrogens with two attached hydrogens (primary N) is 1. The minimum absolute atomic E-state index is 0.135. The van der Waals surface area contributed by atoms with Crippen LogP contribution in [0, 0.1) is 0 Å². The minimum atomic E-state index is 0.135. The van der Waals surface area contributed by atoms with Gasteiger partial charge >= 0.3 is 0 Å². The van der Waals surface area contributed by atoms with Crippen molar-refractivity contribution in [3.8, 4) is 5.75 Å². The first-order chi connectivity index (χ1) is 8.67. The van der Waals surface area contributed by atoms with Crippen LogP contribution < -0.4 is 15.8 Å². The van der Waals surface area contributed by atoms with Crippen molar-refractivity contribution in [3.05, 3.63) is 35.5 Å². The lowest BCUT2D eigenvalue weighted by Crippen LogP contribution is -2.00. The van der Waals surface area contributed by atoms with Crippen LogP contribution in [0.1, 0.15) is 6.92 Å². The molecular weight excluding hydrogens is 252 g/mol. The zero-order chi connectivity index (χ0) is 13.0. The van der Waals surface area contributed by atoms with E-state index in [4.69, 9.17) is 22.1 Å². The minimum Gasteiger partial charge on any atom is -0.494 e. The number of benzene rings is 1. The first-order valence-corrected chi connectivity index (χ1v) is 5.85. The quantitative estimate of drug-likeness (QED) is 0.831. The lowest BCUT2D eigenvalue weighted by atomic mass is 10.3. The molecule has 0 atom stereocenters. The Hall–Kier alpha value is -2.01. The molecule has 2 aromatic rings. The maximum absolute atomic E-state index is 5.79. The van der Waals surface area contributed by atoms with Gasteiger partial charge in [-0.3, -0.25) is 0 Å². The summed E-state index contributed by atoms with van der Waals surface area (Å²) in [4.78, 5) is 7.81. The van der Waals surface area contributed by atoms with Gasteiger partial charge < -0.3 is 15.8 Å². The van der Waals surface area contributed by atoms with E-state index < -0.39 is 0 Å². The number of hydrogen-bond acceptors (Lipinski definition) is 5. The molecule has 0 saturated heterocycles. The fraction of sp³-hybridized carbons (Fsp3) is 0.167. The van der Waals surface area contributed by atoms with Crippen molar-refractivity contribution >= 4 is 29.1 Å². The molecule has 1 aromatic carbocycles. The van der Waals surface area contributed by atoms with Crippen molar-refractivity contribution in [2.45, 2.75) is 6.92 Å². The van der Waals surface area contributed by atoms with Gasteiger partial charge in [-0.05, 0) is 31.2 Å². The first-order valence-electron chi connectivity index (χ1n) is 5.47. The Bertz CT molecular complexity index is 510. The molecule has 0 radical (unpaired) electrons. The van der Waals surface area contributed by atoms with Crippen LogP contribution in [0.5, 0.6) is 5.75 Å². The van der Waals surface area contributed by atoms with Crippen LogP contribution in [0.25, 0.3) is 0 Å². The normalized spacial score (nSPS) is 10.1. The number of nitrogens with zero attached hydrogens (tertiary/aromatic N) is 2. The van der Waals surface area contributed by atoms with Gasteiger partial charge in [-0.25, -0.2) is 4.98 Å². The second kappa shape index (κ2) is 5.55. The Labute approximate surface area is 110 Å². The summed E-state index contributed by atoms with van der Waals surface area (Å²) in [6.07, 6.45) is 0. The molecule has 0 aliphatic rings. The lowest BCUT2D eigenvalue weighted by Gasteiger charge is -2.07. The molecule has 0 amide bonds. The third-order valence-electron chi connectivity index (χ3n) is 2.15. The molecule has 1 aromatic heterocycles. The Morgan fingerprint density at radius 2 is 2.00 bits per heavy atom. The summed E-state index contributed by atoms with van der Waals surface area (Å²) in [6.45, 7) is 2.59. The van der Waals surface area contributed by atoms with Gasteiger partial charge in [0.25, 0.3) is 0 Å². The molecule has 5 nitrogen and oxygen atoms in total. The van der Waals surface area contributed by atoms with Crippen molar-refractivity contribution in [1.82, 2.24) is 9.97 Å². The van der Waals surface area contributed by atoms with E-state index in [1.54, 1.807) is 6.07 Å². The highest BCUT2D eigenvalue weighted by Crippen LogP contribution is 2.20. The van der Waals surface area contributed by atoms with Crippen LogP contribution in [-0.4, -0.2) is 16.6 Å². The van der Waals surface area contributed by atoms with E-state index in [0.29, 0.717) is 17.6 Å². The predicted molar refractivity (Wildman–Crippen MR) is 72.3 cm³/mol. The van der Waals surface area contributed by atoms with Crippen LogP contribution in [0.2, 0.25) is 5.15 Å². The van der Waals surface area contributed by atoms with E-state index in [1.807, 2.05) is 31.2 Å². The van der Waals surface area contributed by atoms with Crippen molar-refractivity contribution in [2.75, 3.05) is 17.7 Å². The molecular formula is C12H13ClN4O. The molecule has 0 fully saturated rings. The van der Waals surface area contributed by atoms with Crippen LogP contribution in [0.3, 0.4) is 0 Å². The third kappa shape index (κ3) is 3.24. The van der Waals surface area contributed by atoms with Crippen molar-refractivity contribution in [1.29, 1.82) is 0 Å². The van der Waals surface area contributed by atoms with Crippen molar-refractivity contribution < 1.29 is 4.74 Å². The number of halogens is 1. The van der Waals surface area contributed by atoms with Crippen LogP contribution >= 0.6 is 11.6 Å². The summed E-state index contributed by atoms with van der Waals surface area (Å²) >= 11 is 5.79. The maximum atomic E-state index is 5.79. The number of anilines is 3. The summed E-state index contributed by atoms with van der Waals surface area (Å²) in [5.74, 6) is 1.51. The Kier molecular flexibility index (Phi) is 3.84. The number of aromatic nitrogens is 2. The maximum Gasteiger partial charge on any atom is 0.223 e. The molecule has 18 heavy (non-hydrogen) atoms. The van der Waals surface area contributed by atoms with Crippen molar-refractivity contribution in [3.63, 3.8) is 0 Å². The molecule has 0 unspecified atom stereocenters. The molecule has 94 valence electrons. The number of hydrogen-bond donors (Lipinski definition) is 2. The van der Waals surface area contributed by atoms with E-state index in [0.717, 1.165) is 11.4 Å². The molecule has 0 spiro atoms. The van der Waals surface area contributed by atoms with Gasteiger partial charge in [-0.15, -0.1) is 0 Å². The zero-order valence-corrected chi connectivity index (χ0v) is 10.6. The number of nitrogens with one attached hydrogen (secondary N) is 1. The van der Waals surface area contributed by atoms with Gasteiger partial charge in [0, 0.05) is 11.8 Å². The summed E-state index contributed by atoms with van der Waals surface area (Å²) in [5.41, 5.74) is 6.38. The molecule has 0 aliphatic carbocycles. The van der Waals surface area contributed by atoms with Gasteiger partial charge in [0.2, 0.25) is 5.95 Å². The molecule has 6 heteroatoms. The molecule has 2 rings (SSSR count). The fourth-order valence-electron chi connectivity index (χ4n) is 1.45. The summed E-state index contributed by atoms with van der Waals surface area (Å²) in [6, 6.07) is 9.12. The fourth-order valence-corrected chi connectivity index (χ4v) is 1.64. The summed E-state index contributed by atoms with van der Waals surface area (Å²) < 4.78 is 5.35. The first kappa shape index (κ1) is 12.4. The number of ether oxygens (including phenoxy) is 1. The summed E-state index contributed by atoms with van der Waals surface area (Å²) in [5, 5.41) is 3.39. The van der Waals surface area contributed by atoms with Gasteiger partial charge in [-0.2, -0.15) is 4.98 Å². The standard InChI is InChI=1S/C12H13ClN4O/c1-2-18-9-5-3-8(4-6-9)15-11-7-10(13)16-12(14)17-11/h3-7H,2H2,1H3,(H3,14,15,16,17). The van der Waals surface area contributed by atoms with Gasteiger partial charge in [0.15, 0.2) is 0 Å². The van der Waals surface area contributed by atoms with Gasteiger partial charge in [-0.1, -0.05) is 11.6 Å². The van der Waals surface area contributed by atoms with E-state index in [2.05, 4.69) is 15.3 Å². The lowest BCUT2D eigenvalue weighted by molar-refractivity contribution is 0.340. The predicted octanol–water partition coefficient (Wildman–Crippen LogP) is 2.85. The van der Waals surface area contributed by atoms with E-state index >= 15 is 0 Å². The molecule has 0 aliphatic heterocycles. The average molecular weight is 265 g/mol. The molecule has 0 saturated carbocycles. The Morgan fingerprint density at radius 1 is 1.28 bits per heavy atom. The number of nitrogen functional groups attached to an aromatic ring is 1. The topological polar surface area (TPSA) is 73.1 Å². The molecule has 0 bridgehead atoms. The Balaban J connectivity index is 2.13. The average Bonchev–Trinajstić information content (AvgIpc) is 2.31.